The predicted octanol–water partition coefficient (Wildman–Crippen LogP) is -3.90. The molecule has 2 rings (SSSR count). The van der Waals surface area contributed by atoms with Gasteiger partial charge in [0, 0.05) is 6.42 Å². The number of anilines is 1. The third kappa shape index (κ3) is 2.87. The number of hydrogen-bond acceptors (Lipinski definition) is 10. The van der Waals surface area contributed by atoms with Crippen molar-refractivity contribution < 1.29 is 29.3 Å². The standard InChI is InChI=1S/C8H13N4O7P/c9-7-10-2-12(8(15)11-7)4-1-3(13)5(19-4)6(14)20(16,17)18/h2-6,13-14H,1H2,(H2,9,11,15)(H2,16,17,18)/p-2/t3-,4+,5-,6?/m0/s1. The minimum atomic E-state index is -5.35. The summed E-state index contributed by atoms with van der Waals surface area (Å²) in [6.07, 6.45) is -3.40. The number of aromatic nitrogens is 3. The van der Waals surface area contributed by atoms with E-state index in [9.17, 15) is 29.4 Å². The van der Waals surface area contributed by atoms with Gasteiger partial charge < -0.3 is 35.0 Å². The molecular weight excluding hydrogens is 295 g/mol. The van der Waals surface area contributed by atoms with Crippen molar-refractivity contribution in [2.45, 2.75) is 30.7 Å². The molecule has 11 nitrogen and oxygen atoms in total. The minimum Gasteiger partial charge on any atom is -0.809 e. The first kappa shape index (κ1) is 15.0. The van der Waals surface area contributed by atoms with Crippen LogP contribution in [0.25, 0.3) is 0 Å². The highest BCUT2D eigenvalue weighted by Crippen LogP contribution is 2.40. The molecule has 0 aliphatic carbocycles. The first-order valence-corrected chi connectivity index (χ1v) is 7.05. The summed E-state index contributed by atoms with van der Waals surface area (Å²) in [7, 11) is -5.35. The molecule has 112 valence electrons. The maximum absolute atomic E-state index is 11.5. The summed E-state index contributed by atoms with van der Waals surface area (Å²) in [5.74, 6) is -2.67. The van der Waals surface area contributed by atoms with Crippen LogP contribution in [-0.4, -0.2) is 42.8 Å². The van der Waals surface area contributed by atoms with Gasteiger partial charge in [0.05, 0.1) is 6.10 Å². The predicted molar refractivity (Wildman–Crippen MR) is 58.9 cm³/mol. The van der Waals surface area contributed by atoms with Gasteiger partial charge in [-0.25, -0.2) is 9.78 Å². The van der Waals surface area contributed by atoms with Crippen LogP contribution >= 0.6 is 7.60 Å². The fourth-order valence-electron chi connectivity index (χ4n) is 1.85. The number of aliphatic hydroxyl groups is 2. The molecule has 1 unspecified atom stereocenters. The Kier molecular flexibility index (Phi) is 3.91. The Labute approximate surface area is 111 Å². The van der Waals surface area contributed by atoms with E-state index in [4.69, 9.17) is 10.5 Å². The molecule has 4 atom stereocenters. The molecule has 1 aliphatic heterocycles. The zero-order chi connectivity index (χ0) is 15.1. The first-order valence-electron chi connectivity index (χ1n) is 5.44. The third-order valence-electron chi connectivity index (χ3n) is 2.81. The van der Waals surface area contributed by atoms with Crippen LogP contribution < -0.4 is 21.2 Å². The Hall–Kier alpha value is -1.36. The van der Waals surface area contributed by atoms with Gasteiger partial charge in [-0.2, -0.15) is 4.98 Å². The molecule has 0 aromatic carbocycles. The molecule has 4 N–H and O–H groups in total. The molecule has 20 heavy (non-hydrogen) atoms. The van der Waals surface area contributed by atoms with Crippen LogP contribution in [0.5, 0.6) is 0 Å². The van der Waals surface area contributed by atoms with E-state index in [1.54, 1.807) is 0 Å². The van der Waals surface area contributed by atoms with Crippen LogP contribution in [0.4, 0.5) is 5.95 Å². The van der Waals surface area contributed by atoms with Crippen molar-refractivity contribution in [1.29, 1.82) is 0 Å². The second-order valence-corrected chi connectivity index (χ2v) is 5.83. The molecule has 1 saturated heterocycles. The van der Waals surface area contributed by atoms with Gasteiger partial charge in [0.15, 0.2) is 0 Å². The molecule has 0 bridgehead atoms. The topological polar surface area (TPSA) is 187 Å². The monoisotopic (exact) mass is 306 g/mol. The van der Waals surface area contributed by atoms with E-state index in [2.05, 4.69) is 9.97 Å². The van der Waals surface area contributed by atoms with Gasteiger partial charge in [0.25, 0.3) is 0 Å². The summed E-state index contributed by atoms with van der Waals surface area (Å²) in [4.78, 5) is 39.9. The SMILES string of the molecule is Nc1ncn([C@H]2C[C@H](O)[C@@H](C(O)P(=O)([O-])[O-])O2)c(=O)n1. The maximum Gasteiger partial charge on any atom is 0.354 e. The number of hydrogen-bond donors (Lipinski definition) is 3. The van der Waals surface area contributed by atoms with Crippen LogP contribution in [0, 0.1) is 0 Å². The van der Waals surface area contributed by atoms with Gasteiger partial charge in [-0.05, 0) is 7.60 Å². The molecule has 0 amide bonds. The molecular formula is C8H11N4O7P-2. The van der Waals surface area contributed by atoms with Crippen molar-refractivity contribution in [2.24, 2.45) is 0 Å². The van der Waals surface area contributed by atoms with Crippen molar-refractivity contribution in [3.63, 3.8) is 0 Å². The van der Waals surface area contributed by atoms with E-state index >= 15 is 0 Å². The summed E-state index contributed by atoms with van der Waals surface area (Å²) in [5, 5.41) is 19.0. The average molecular weight is 306 g/mol. The Balaban J connectivity index is 2.22. The van der Waals surface area contributed by atoms with E-state index in [1.807, 2.05) is 0 Å². The summed E-state index contributed by atoms with van der Waals surface area (Å²) in [5.41, 5.74) is 4.38. The Bertz CT molecular complexity index is 601. The molecule has 0 spiro atoms. The number of nitrogens with zero attached hydrogens (tertiary/aromatic N) is 3. The number of nitrogens with two attached hydrogens (primary N) is 1. The Morgan fingerprint density at radius 2 is 2.25 bits per heavy atom. The van der Waals surface area contributed by atoms with Gasteiger partial charge >= 0.3 is 5.69 Å². The van der Waals surface area contributed by atoms with E-state index in [1.165, 1.54) is 0 Å². The van der Waals surface area contributed by atoms with E-state index in [-0.39, 0.29) is 12.4 Å². The molecule has 1 fully saturated rings. The fourth-order valence-corrected chi connectivity index (χ4v) is 2.48. The van der Waals surface area contributed by atoms with Gasteiger partial charge in [-0.3, -0.25) is 4.57 Å². The molecule has 1 aromatic heterocycles. The summed E-state index contributed by atoms with van der Waals surface area (Å²) in [6.45, 7) is 0. The van der Waals surface area contributed by atoms with Crippen molar-refractivity contribution in [3.05, 3.63) is 16.8 Å². The second kappa shape index (κ2) is 5.20. The summed E-state index contributed by atoms with van der Waals surface area (Å²) >= 11 is 0. The van der Waals surface area contributed by atoms with Crippen LogP contribution in [0.3, 0.4) is 0 Å². The van der Waals surface area contributed by atoms with Crippen molar-refractivity contribution in [2.75, 3.05) is 5.73 Å². The average Bonchev–Trinajstić information content (AvgIpc) is 2.68. The van der Waals surface area contributed by atoms with Gasteiger partial charge in [0.2, 0.25) is 5.95 Å². The van der Waals surface area contributed by atoms with Crippen LogP contribution in [-0.2, 0) is 9.30 Å². The molecule has 0 saturated carbocycles. The fraction of sp³-hybridized carbons (Fsp3) is 0.625. The molecule has 12 heteroatoms. The Morgan fingerprint density at radius 1 is 1.60 bits per heavy atom. The lowest BCUT2D eigenvalue weighted by Gasteiger charge is -2.38. The van der Waals surface area contributed by atoms with E-state index in [0.717, 1.165) is 10.9 Å². The van der Waals surface area contributed by atoms with Crippen LogP contribution in [0.2, 0.25) is 0 Å². The number of nitrogen functional groups attached to an aromatic ring is 1. The van der Waals surface area contributed by atoms with E-state index in [0.29, 0.717) is 0 Å². The lowest BCUT2D eigenvalue weighted by atomic mass is 10.2. The number of rotatable bonds is 3. The minimum absolute atomic E-state index is 0.213. The van der Waals surface area contributed by atoms with Crippen molar-refractivity contribution in [1.82, 2.24) is 14.5 Å². The maximum atomic E-state index is 11.5. The van der Waals surface area contributed by atoms with Crippen LogP contribution in [0.1, 0.15) is 12.6 Å². The zero-order valence-corrected chi connectivity index (χ0v) is 10.8. The highest BCUT2D eigenvalue weighted by molar-refractivity contribution is 7.49. The highest BCUT2D eigenvalue weighted by Gasteiger charge is 2.41. The van der Waals surface area contributed by atoms with Gasteiger partial charge in [-0.15, -0.1) is 0 Å². The van der Waals surface area contributed by atoms with Crippen LogP contribution in [0.15, 0.2) is 11.1 Å². The first-order chi connectivity index (χ1) is 9.20. The third-order valence-corrected chi connectivity index (χ3v) is 3.75. The highest BCUT2D eigenvalue weighted by atomic mass is 31.2. The molecule has 1 aliphatic rings. The van der Waals surface area contributed by atoms with E-state index < -0.39 is 37.6 Å². The lowest BCUT2D eigenvalue weighted by molar-refractivity contribution is -0.326. The molecule has 1 aromatic rings. The van der Waals surface area contributed by atoms with Gasteiger partial charge in [0.1, 0.15) is 24.5 Å². The normalized spacial score (nSPS) is 28.5. The lowest BCUT2D eigenvalue weighted by Crippen LogP contribution is -2.40. The number of aliphatic hydroxyl groups excluding tert-OH is 2. The molecule has 0 radical (unpaired) electrons. The summed E-state index contributed by atoms with van der Waals surface area (Å²) in [6, 6.07) is 0. The van der Waals surface area contributed by atoms with Gasteiger partial charge in [-0.1, -0.05) is 0 Å². The zero-order valence-electron chi connectivity index (χ0n) is 9.90. The van der Waals surface area contributed by atoms with Crippen molar-refractivity contribution >= 4 is 13.5 Å². The quantitative estimate of drug-likeness (QED) is 0.466. The molecule has 2 heterocycles. The van der Waals surface area contributed by atoms with Crippen molar-refractivity contribution in [3.8, 4) is 0 Å². The number of ether oxygens (including phenoxy) is 1. The smallest absolute Gasteiger partial charge is 0.354 e. The second-order valence-electron chi connectivity index (χ2n) is 4.22. The largest absolute Gasteiger partial charge is 0.809 e. The summed E-state index contributed by atoms with van der Waals surface area (Å²) < 4.78 is 16.6. The Morgan fingerprint density at radius 3 is 2.80 bits per heavy atom.